The molecule has 17 heavy (non-hydrogen) atoms. The van der Waals surface area contributed by atoms with Crippen molar-refractivity contribution in [2.75, 3.05) is 6.61 Å². The Hall–Kier alpha value is -1.31. The Morgan fingerprint density at radius 1 is 1.24 bits per heavy atom. The number of hydrogen-bond donors (Lipinski definition) is 0. The molecule has 0 unspecified atom stereocenters. The summed E-state index contributed by atoms with van der Waals surface area (Å²) in [5, 5.41) is 0. The van der Waals surface area contributed by atoms with E-state index >= 15 is 0 Å². The summed E-state index contributed by atoms with van der Waals surface area (Å²) in [4.78, 5) is 11.8. The molecule has 2 atom stereocenters. The molecule has 2 nitrogen and oxygen atoms in total. The first-order valence-corrected chi connectivity index (χ1v) is 6.54. The van der Waals surface area contributed by atoms with Gasteiger partial charge in [0.25, 0.3) is 0 Å². The smallest absolute Gasteiger partial charge is 0.313 e. The van der Waals surface area contributed by atoms with E-state index in [2.05, 4.69) is 6.92 Å². The topological polar surface area (TPSA) is 26.3 Å². The normalized spacial score (nSPS) is 23.7. The zero-order chi connectivity index (χ0) is 12.1. The highest BCUT2D eigenvalue weighted by atomic mass is 16.5. The number of rotatable bonds is 5. The quantitative estimate of drug-likeness (QED) is 0.573. The van der Waals surface area contributed by atoms with Crippen LogP contribution in [0.4, 0.5) is 0 Å². The summed E-state index contributed by atoms with van der Waals surface area (Å²) in [5.41, 5.74) is 1.11. The Labute approximate surface area is 103 Å². The van der Waals surface area contributed by atoms with Crippen LogP contribution >= 0.6 is 0 Å². The van der Waals surface area contributed by atoms with Crippen molar-refractivity contribution in [3.05, 3.63) is 35.9 Å². The van der Waals surface area contributed by atoms with Crippen LogP contribution in [0.1, 0.15) is 44.1 Å². The summed E-state index contributed by atoms with van der Waals surface area (Å²) in [6.45, 7) is 2.80. The molecule has 0 radical (unpaired) electrons. The molecule has 1 aliphatic heterocycles. The van der Waals surface area contributed by atoms with Gasteiger partial charge in [0, 0.05) is 5.92 Å². The number of benzene rings is 1. The monoisotopic (exact) mass is 232 g/mol. The number of carbonyl (C=O) groups excluding carboxylic acids is 1. The molecule has 1 saturated heterocycles. The van der Waals surface area contributed by atoms with Gasteiger partial charge in [0.1, 0.15) is 0 Å². The second-order valence-electron chi connectivity index (χ2n) is 4.77. The third-order valence-electron chi connectivity index (χ3n) is 3.50. The summed E-state index contributed by atoms with van der Waals surface area (Å²) in [6, 6.07) is 10.0. The Morgan fingerprint density at radius 3 is 2.71 bits per heavy atom. The maximum Gasteiger partial charge on any atom is 0.313 e. The zero-order valence-corrected chi connectivity index (χ0v) is 10.4. The Bertz CT molecular complexity index is 358. The molecule has 0 aromatic heterocycles. The lowest BCUT2D eigenvalue weighted by atomic mass is 9.85. The first kappa shape index (κ1) is 12.2. The van der Waals surface area contributed by atoms with Crippen molar-refractivity contribution in [1.29, 1.82) is 0 Å². The molecule has 0 N–H and O–H groups in total. The molecule has 0 spiro atoms. The van der Waals surface area contributed by atoms with Crippen molar-refractivity contribution in [2.45, 2.75) is 38.5 Å². The molecule has 1 aliphatic rings. The Kier molecular flexibility index (Phi) is 4.18. The number of unbranched alkanes of at least 4 members (excludes halogenated alkanes) is 2. The molecule has 0 aliphatic carbocycles. The van der Waals surface area contributed by atoms with E-state index in [9.17, 15) is 4.79 Å². The van der Waals surface area contributed by atoms with Crippen molar-refractivity contribution in [1.82, 2.24) is 0 Å². The number of esters is 1. The molecular formula is C15H20O2. The van der Waals surface area contributed by atoms with Gasteiger partial charge < -0.3 is 4.74 Å². The summed E-state index contributed by atoms with van der Waals surface area (Å²) >= 11 is 0. The van der Waals surface area contributed by atoms with Gasteiger partial charge in [-0.15, -0.1) is 0 Å². The standard InChI is InChI=1S/C15H20O2/c1-2-3-5-10-13-11-17-15(16)14(13)12-8-6-4-7-9-12/h4,6-9,13-14H,2-3,5,10-11H2,1H3/t13-,14+/m0/s1. The first-order valence-electron chi connectivity index (χ1n) is 6.54. The van der Waals surface area contributed by atoms with Gasteiger partial charge in [-0.3, -0.25) is 4.79 Å². The van der Waals surface area contributed by atoms with Gasteiger partial charge in [0.15, 0.2) is 0 Å². The fourth-order valence-corrected chi connectivity index (χ4v) is 2.54. The van der Waals surface area contributed by atoms with Crippen molar-refractivity contribution >= 4 is 5.97 Å². The second-order valence-corrected chi connectivity index (χ2v) is 4.77. The minimum Gasteiger partial charge on any atom is -0.465 e. The minimum atomic E-state index is -0.0438. The molecule has 2 heteroatoms. The van der Waals surface area contributed by atoms with Crippen LogP contribution in [-0.4, -0.2) is 12.6 Å². The van der Waals surface area contributed by atoms with Crippen LogP contribution in [0.5, 0.6) is 0 Å². The third kappa shape index (κ3) is 2.87. The number of carbonyl (C=O) groups is 1. The van der Waals surface area contributed by atoms with E-state index in [1.807, 2.05) is 30.3 Å². The van der Waals surface area contributed by atoms with Gasteiger partial charge in [0.2, 0.25) is 0 Å². The van der Waals surface area contributed by atoms with Crippen LogP contribution < -0.4 is 0 Å². The van der Waals surface area contributed by atoms with Gasteiger partial charge in [-0.2, -0.15) is 0 Å². The Morgan fingerprint density at radius 2 is 2.00 bits per heavy atom. The van der Waals surface area contributed by atoms with Crippen molar-refractivity contribution < 1.29 is 9.53 Å². The number of hydrogen-bond acceptors (Lipinski definition) is 2. The molecule has 1 aromatic carbocycles. The number of ether oxygens (including phenoxy) is 1. The lowest BCUT2D eigenvalue weighted by molar-refractivity contribution is -0.139. The summed E-state index contributed by atoms with van der Waals surface area (Å²) in [7, 11) is 0. The molecule has 1 fully saturated rings. The third-order valence-corrected chi connectivity index (χ3v) is 3.50. The van der Waals surface area contributed by atoms with Crippen LogP contribution in [0.25, 0.3) is 0 Å². The van der Waals surface area contributed by atoms with Crippen LogP contribution in [0.3, 0.4) is 0 Å². The van der Waals surface area contributed by atoms with E-state index in [1.54, 1.807) is 0 Å². The second kappa shape index (κ2) is 5.85. The minimum absolute atomic E-state index is 0.0342. The van der Waals surface area contributed by atoms with E-state index in [4.69, 9.17) is 4.74 Å². The van der Waals surface area contributed by atoms with Crippen molar-refractivity contribution in [3.63, 3.8) is 0 Å². The SMILES string of the molecule is CCCCC[C@H]1COC(=O)[C@@H]1c1ccccc1. The predicted molar refractivity (Wildman–Crippen MR) is 67.8 cm³/mol. The van der Waals surface area contributed by atoms with Crippen LogP contribution in [0, 0.1) is 5.92 Å². The lowest BCUT2D eigenvalue weighted by Crippen LogP contribution is -2.13. The van der Waals surface area contributed by atoms with E-state index < -0.39 is 0 Å². The van der Waals surface area contributed by atoms with Crippen LogP contribution in [0.15, 0.2) is 30.3 Å². The van der Waals surface area contributed by atoms with Gasteiger partial charge in [-0.1, -0.05) is 56.5 Å². The van der Waals surface area contributed by atoms with Gasteiger partial charge in [0.05, 0.1) is 12.5 Å². The predicted octanol–water partition coefficient (Wildman–Crippen LogP) is 3.52. The maximum atomic E-state index is 11.8. The molecule has 92 valence electrons. The van der Waals surface area contributed by atoms with Gasteiger partial charge >= 0.3 is 5.97 Å². The average molecular weight is 232 g/mol. The molecule has 0 amide bonds. The average Bonchev–Trinajstić information content (AvgIpc) is 2.72. The largest absolute Gasteiger partial charge is 0.465 e. The summed E-state index contributed by atoms with van der Waals surface area (Å²) in [5.74, 6) is 0.294. The first-order chi connectivity index (χ1) is 8.33. The van der Waals surface area contributed by atoms with Gasteiger partial charge in [-0.05, 0) is 12.0 Å². The highest BCUT2D eigenvalue weighted by Gasteiger charge is 2.37. The van der Waals surface area contributed by atoms with Crippen molar-refractivity contribution in [3.8, 4) is 0 Å². The van der Waals surface area contributed by atoms with Crippen molar-refractivity contribution in [2.24, 2.45) is 5.92 Å². The molecule has 1 aromatic rings. The fraction of sp³-hybridized carbons (Fsp3) is 0.533. The van der Waals surface area contributed by atoms with E-state index in [0.717, 1.165) is 12.0 Å². The highest BCUT2D eigenvalue weighted by Crippen LogP contribution is 2.35. The molecule has 0 saturated carbocycles. The molecular weight excluding hydrogens is 212 g/mol. The van der Waals surface area contributed by atoms with E-state index in [0.29, 0.717) is 12.5 Å². The lowest BCUT2D eigenvalue weighted by Gasteiger charge is -2.15. The van der Waals surface area contributed by atoms with Gasteiger partial charge in [-0.25, -0.2) is 0 Å². The van der Waals surface area contributed by atoms with Crippen LogP contribution in [-0.2, 0) is 9.53 Å². The Balaban J connectivity index is 2.04. The van der Waals surface area contributed by atoms with E-state index in [-0.39, 0.29) is 11.9 Å². The maximum absolute atomic E-state index is 11.8. The summed E-state index contributed by atoms with van der Waals surface area (Å²) in [6.07, 6.45) is 4.75. The molecule has 2 rings (SSSR count). The van der Waals surface area contributed by atoms with Crippen LogP contribution in [0.2, 0.25) is 0 Å². The summed E-state index contributed by atoms with van der Waals surface area (Å²) < 4.78 is 5.22. The van der Waals surface area contributed by atoms with E-state index in [1.165, 1.54) is 19.3 Å². The fourth-order valence-electron chi connectivity index (χ4n) is 2.54. The number of cyclic esters (lactones) is 1. The zero-order valence-electron chi connectivity index (χ0n) is 10.4. The molecule has 0 bridgehead atoms. The highest BCUT2D eigenvalue weighted by molar-refractivity contribution is 5.80. The molecule has 1 heterocycles.